The summed E-state index contributed by atoms with van der Waals surface area (Å²) in [5.41, 5.74) is 3.21. The Bertz CT molecular complexity index is 1940. The van der Waals surface area contributed by atoms with Crippen LogP contribution in [0.15, 0.2) is 87.5 Å². The van der Waals surface area contributed by atoms with Crippen LogP contribution < -0.4 is 4.72 Å². The molecule has 206 valence electrons. The molecule has 0 saturated carbocycles. The second-order valence-corrected chi connectivity index (χ2v) is 13.6. The summed E-state index contributed by atoms with van der Waals surface area (Å²) < 4.78 is 66.0. The lowest BCUT2D eigenvalue weighted by molar-refractivity contribution is 0.0983. The van der Waals surface area contributed by atoms with E-state index in [1.54, 1.807) is 47.0 Å². The summed E-state index contributed by atoms with van der Waals surface area (Å²) in [5, 5.41) is 0. The van der Waals surface area contributed by atoms with Gasteiger partial charge in [-0.25, -0.2) is 26.8 Å². The van der Waals surface area contributed by atoms with Gasteiger partial charge in [0.2, 0.25) is 9.84 Å². The molecule has 3 aromatic carbocycles. The highest BCUT2D eigenvalue weighted by Crippen LogP contribution is 2.39. The van der Waals surface area contributed by atoms with Crippen LogP contribution in [0.25, 0.3) is 22.2 Å². The van der Waals surface area contributed by atoms with E-state index in [-0.39, 0.29) is 44.3 Å². The number of para-hydroxylation sites is 2. The normalized spacial score (nSPS) is 16.1. The molecule has 1 saturated heterocycles. The summed E-state index contributed by atoms with van der Waals surface area (Å²) in [4.78, 5) is 9.30. The molecule has 40 heavy (non-hydrogen) atoms. The first kappa shape index (κ1) is 26.4. The van der Waals surface area contributed by atoms with E-state index in [4.69, 9.17) is 14.7 Å². The van der Waals surface area contributed by atoms with Crippen LogP contribution in [0.3, 0.4) is 0 Å². The maximum absolute atomic E-state index is 14.3. The quantitative estimate of drug-likeness (QED) is 0.289. The van der Waals surface area contributed by atoms with Crippen molar-refractivity contribution in [2.45, 2.75) is 54.0 Å². The van der Waals surface area contributed by atoms with Gasteiger partial charge in [0.05, 0.1) is 33.5 Å². The van der Waals surface area contributed by atoms with Gasteiger partial charge in [0.1, 0.15) is 16.2 Å². The van der Waals surface area contributed by atoms with Crippen molar-refractivity contribution in [1.29, 1.82) is 0 Å². The first-order valence-electron chi connectivity index (χ1n) is 13.0. The Labute approximate surface area is 232 Å². The third kappa shape index (κ3) is 4.74. The Morgan fingerprint density at radius 3 is 2.05 bits per heavy atom. The zero-order valence-corrected chi connectivity index (χ0v) is 23.7. The summed E-state index contributed by atoms with van der Waals surface area (Å²) in [6, 6.07) is 19.9. The van der Waals surface area contributed by atoms with Crippen LogP contribution in [0, 0.1) is 13.8 Å². The van der Waals surface area contributed by atoms with E-state index in [2.05, 4.69) is 4.72 Å². The highest BCUT2D eigenvalue weighted by molar-refractivity contribution is 7.93. The van der Waals surface area contributed by atoms with E-state index >= 15 is 0 Å². The fourth-order valence-electron chi connectivity index (χ4n) is 4.94. The van der Waals surface area contributed by atoms with Crippen LogP contribution in [0.1, 0.15) is 24.0 Å². The second-order valence-electron chi connectivity index (χ2n) is 10.0. The molecule has 1 fully saturated rings. The highest BCUT2D eigenvalue weighted by Gasteiger charge is 2.35. The lowest BCUT2D eigenvalue weighted by Gasteiger charge is -2.17. The zero-order chi connectivity index (χ0) is 28.1. The Kier molecular flexibility index (Phi) is 6.60. The van der Waals surface area contributed by atoms with Gasteiger partial charge in [0.15, 0.2) is 5.65 Å². The molecular weight excluding hydrogens is 548 g/mol. The van der Waals surface area contributed by atoms with Crippen LogP contribution in [0.2, 0.25) is 0 Å². The first-order valence-corrected chi connectivity index (χ1v) is 15.9. The Morgan fingerprint density at radius 1 is 0.850 bits per heavy atom. The Morgan fingerprint density at radius 2 is 1.45 bits per heavy atom. The number of aryl methyl sites for hydroxylation is 2. The third-order valence-electron chi connectivity index (χ3n) is 7.08. The second kappa shape index (κ2) is 9.99. The fourth-order valence-corrected chi connectivity index (χ4v) is 7.62. The molecule has 0 radical (unpaired) electrons. The molecule has 0 aliphatic carbocycles. The molecule has 0 amide bonds. The van der Waals surface area contributed by atoms with E-state index in [9.17, 15) is 16.8 Å². The van der Waals surface area contributed by atoms with E-state index in [0.29, 0.717) is 17.6 Å². The molecule has 6 rings (SSSR count). The SMILES string of the molecule is Cc1ccc(S(=O)(=O)Nc2c(S(=O)(=O)c3ccc(C)cc3)c3nc4ccccc4nc3n2C[C@@H]2CCCO2)cc1. The highest BCUT2D eigenvalue weighted by atomic mass is 32.2. The van der Waals surface area contributed by atoms with Gasteiger partial charge in [-0.3, -0.25) is 4.72 Å². The number of benzene rings is 3. The van der Waals surface area contributed by atoms with Crippen molar-refractivity contribution < 1.29 is 21.6 Å². The standard InChI is InChI=1S/C29H28N4O5S2/c1-19-9-13-22(14-10-19)39(34,35)27-26-28(31-25-8-4-3-7-24(25)30-26)33(18-21-6-5-17-38-21)29(27)32-40(36,37)23-15-11-20(2)12-16-23/h3-4,7-16,21,32H,5-6,17-18H2,1-2H3/t21-/m0/s1. The van der Waals surface area contributed by atoms with E-state index < -0.39 is 19.9 Å². The Hall–Kier alpha value is -3.80. The number of sulfonamides is 1. The molecule has 5 aromatic rings. The molecule has 1 aliphatic rings. The van der Waals surface area contributed by atoms with Gasteiger partial charge >= 0.3 is 0 Å². The van der Waals surface area contributed by atoms with Crippen LogP contribution in [-0.4, -0.2) is 44.1 Å². The summed E-state index contributed by atoms with van der Waals surface area (Å²) >= 11 is 0. The molecule has 9 nitrogen and oxygen atoms in total. The van der Waals surface area contributed by atoms with Gasteiger partial charge in [-0.2, -0.15) is 0 Å². The van der Waals surface area contributed by atoms with Gasteiger partial charge in [0.25, 0.3) is 10.0 Å². The smallest absolute Gasteiger partial charge is 0.263 e. The monoisotopic (exact) mass is 576 g/mol. The molecule has 11 heteroatoms. The van der Waals surface area contributed by atoms with E-state index in [1.165, 1.54) is 24.3 Å². The summed E-state index contributed by atoms with van der Waals surface area (Å²) in [7, 11) is -8.43. The van der Waals surface area contributed by atoms with Crippen molar-refractivity contribution in [3.05, 3.63) is 83.9 Å². The van der Waals surface area contributed by atoms with Gasteiger partial charge in [-0.15, -0.1) is 0 Å². The molecule has 0 bridgehead atoms. The maximum atomic E-state index is 14.3. The predicted molar refractivity (Wildman–Crippen MR) is 153 cm³/mol. The molecule has 1 N–H and O–H groups in total. The van der Waals surface area contributed by atoms with E-state index in [0.717, 1.165) is 24.0 Å². The van der Waals surface area contributed by atoms with Crippen molar-refractivity contribution in [2.24, 2.45) is 0 Å². The van der Waals surface area contributed by atoms with Gasteiger partial charge in [-0.1, -0.05) is 47.5 Å². The number of fused-ring (bicyclic) bond motifs is 2. The number of hydrogen-bond donors (Lipinski definition) is 1. The lowest BCUT2D eigenvalue weighted by atomic mass is 10.2. The number of rotatable bonds is 7. The van der Waals surface area contributed by atoms with Gasteiger partial charge in [0, 0.05) is 6.61 Å². The zero-order valence-electron chi connectivity index (χ0n) is 22.0. The summed E-state index contributed by atoms with van der Waals surface area (Å²) in [6.07, 6.45) is 1.38. The minimum atomic E-state index is -4.25. The van der Waals surface area contributed by atoms with Crippen LogP contribution in [0.5, 0.6) is 0 Å². The van der Waals surface area contributed by atoms with Crippen LogP contribution >= 0.6 is 0 Å². The minimum Gasteiger partial charge on any atom is -0.376 e. The van der Waals surface area contributed by atoms with E-state index in [1.807, 2.05) is 19.9 Å². The first-order chi connectivity index (χ1) is 19.1. The number of nitrogens with one attached hydrogen (secondary N) is 1. The number of ether oxygens (including phenoxy) is 1. The molecule has 0 unspecified atom stereocenters. The number of hydrogen-bond acceptors (Lipinski definition) is 7. The minimum absolute atomic E-state index is 0.0109. The average molecular weight is 577 g/mol. The topological polar surface area (TPSA) is 120 Å². The molecular formula is C29H28N4O5S2. The average Bonchev–Trinajstić information content (AvgIpc) is 3.54. The van der Waals surface area contributed by atoms with Gasteiger partial charge < -0.3 is 9.30 Å². The Balaban J connectivity index is 1.66. The molecule has 2 aromatic heterocycles. The predicted octanol–water partition coefficient (Wildman–Crippen LogP) is 5.01. The summed E-state index contributed by atoms with van der Waals surface area (Å²) in [6.45, 7) is 4.51. The van der Waals surface area contributed by atoms with Crippen molar-refractivity contribution in [3.63, 3.8) is 0 Å². The van der Waals surface area contributed by atoms with Crippen molar-refractivity contribution in [3.8, 4) is 0 Å². The number of anilines is 1. The molecule has 1 atom stereocenters. The van der Waals surface area contributed by atoms with Crippen LogP contribution in [0.4, 0.5) is 5.82 Å². The lowest BCUT2D eigenvalue weighted by Crippen LogP contribution is -2.21. The van der Waals surface area contributed by atoms with Crippen molar-refractivity contribution >= 4 is 47.9 Å². The third-order valence-corrected chi connectivity index (χ3v) is 10.3. The van der Waals surface area contributed by atoms with Crippen molar-refractivity contribution in [1.82, 2.24) is 14.5 Å². The number of sulfone groups is 1. The number of nitrogens with zero attached hydrogens (tertiary/aromatic N) is 3. The maximum Gasteiger partial charge on any atom is 0.263 e. The summed E-state index contributed by atoms with van der Waals surface area (Å²) in [5.74, 6) is -0.109. The molecule has 0 spiro atoms. The largest absolute Gasteiger partial charge is 0.376 e. The van der Waals surface area contributed by atoms with Crippen molar-refractivity contribution in [2.75, 3.05) is 11.3 Å². The van der Waals surface area contributed by atoms with Gasteiger partial charge in [-0.05, 0) is 63.1 Å². The number of aromatic nitrogens is 3. The molecule has 1 aliphatic heterocycles. The molecule has 3 heterocycles. The van der Waals surface area contributed by atoms with Crippen LogP contribution in [-0.2, 0) is 31.1 Å². The fraction of sp³-hybridized carbons (Fsp3) is 0.241.